The lowest BCUT2D eigenvalue weighted by Crippen LogP contribution is -2.53. The minimum absolute atomic E-state index is 0.0124. The molecule has 33 heavy (non-hydrogen) atoms. The van der Waals surface area contributed by atoms with E-state index in [1.165, 1.54) is 37.4 Å². The van der Waals surface area contributed by atoms with E-state index in [9.17, 15) is 23.1 Å². The Bertz CT molecular complexity index is 1160. The minimum Gasteiger partial charge on any atom is -0.494 e. The van der Waals surface area contributed by atoms with Crippen molar-refractivity contribution in [2.75, 3.05) is 7.11 Å². The van der Waals surface area contributed by atoms with Gasteiger partial charge < -0.3 is 25.5 Å². The maximum absolute atomic E-state index is 14.7. The van der Waals surface area contributed by atoms with E-state index in [-0.39, 0.29) is 23.6 Å². The minimum atomic E-state index is -1.33. The predicted octanol–water partition coefficient (Wildman–Crippen LogP) is 4.22. The molecule has 4 rings (SSSR count). The zero-order valence-corrected chi connectivity index (χ0v) is 18.1. The van der Waals surface area contributed by atoms with E-state index in [0.717, 1.165) is 19.3 Å². The lowest BCUT2D eigenvalue weighted by Gasteiger charge is -2.33. The van der Waals surface area contributed by atoms with E-state index in [1.807, 2.05) is 0 Å². The number of rotatable bonds is 6. The highest BCUT2D eigenvalue weighted by atomic mass is 19.2. The number of imidazole rings is 1. The van der Waals surface area contributed by atoms with Crippen LogP contribution in [0.3, 0.4) is 0 Å². The molecule has 1 aliphatic rings. The zero-order chi connectivity index (χ0) is 23.6. The molecule has 0 bridgehead atoms. The van der Waals surface area contributed by atoms with Crippen LogP contribution in [0.15, 0.2) is 30.3 Å². The topological polar surface area (TPSA) is 99.3 Å². The second-order valence-corrected chi connectivity index (χ2v) is 8.29. The Kier molecular flexibility index (Phi) is 6.46. The predicted molar refractivity (Wildman–Crippen MR) is 115 cm³/mol. The Labute approximate surface area is 188 Å². The molecule has 4 N–H and O–H groups in total. The summed E-state index contributed by atoms with van der Waals surface area (Å²) in [6.07, 6.45) is 3.24. The fourth-order valence-corrected chi connectivity index (χ4v) is 4.15. The quantitative estimate of drug-likeness (QED) is 0.412. The normalized spacial score (nSPS) is 16.4. The van der Waals surface area contributed by atoms with Crippen molar-refractivity contribution in [3.63, 3.8) is 0 Å². The number of aromatic amines is 1. The third-order valence-electron chi connectivity index (χ3n) is 5.90. The zero-order valence-electron chi connectivity index (χ0n) is 18.1. The van der Waals surface area contributed by atoms with E-state index < -0.39 is 35.2 Å². The summed E-state index contributed by atoms with van der Waals surface area (Å²) in [5, 5.41) is 15.9. The molecule has 0 aliphatic heterocycles. The molecule has 2 amide bonds. The first-order chi connectivity index (χ1) is 15.8. The van der Waals surface area contributed by atoms with Crippen LogP contribution in [0.4, 0.5) is 18.0 Å². The number of aromatic nitrogens is 2. The fourth-order valence-electron chi connectivity index (χ4n) is 4.15. The Morgan fingerprint density at radius 1 is 1.18 bits per heavy atom. The third kappa shape index (κ3) is 5.05. The molecule has 1 heterocycles. The van der Waals surface area contributed by atoms with Gasteiger partial charge in [-0.25, -0.2) is 18.6 Å². The van der Waals surface area contributed by atoms with Gasteiger partial charge in [0.1, 0.15) is 17.4 Å². The number of carbonyl (C=O) groups is 1. The molecule has 3 aromatic rings. The average molecular weight is 462 g/mol. The number of urea groups is 1. The molecule has 1 aliphatic carbocycles. The monoisotopic (exact) mass is 462 g/mol. The van der Waals surface area contributed by atoms with Gasteiger partial charge in [-0.3, -0.25) is 0 Å². The van der Waals surface area contributed by atoms with Crippen LogP contribution >= 0.6 is 0 Å². The van der Waals surface area contributed by atoms with E-state index in [0.29, 0.717) is 23.9 Å². The first kappa shape index (κ1) is 22.9. The SMILES string of the molecule is COc1ccc(CC(NC(=O)NC2(O)CCCCC2)c2nc3cc(F)ccc3[nH]2)c(F)c1F. The standard InChI is InChI=1S/C23H25F3N4O3/c1-33-18-8-5-13(19(25)20(18)26)11-17(21-27-15-7-6-14(24)12-16(15)28-21)29-22(31)30-23(32)9-3-2-4-10-23/h5-8,12,17,32H,2-4,9-11H2,1H3,(H,27,28)(H2,29,30,31). The highest BCUT2D eigenvalue weighted by Gasteiger charge is 2.32. The highest BCUT2D eigenvalue weighted by molar-refractivity contribution is 5.77. The Hall–Kier alpha value is -3.27. The van der Waals surface area contributed by atoms with Crippen LogP contribution in [0.5, 0.6) is 5.75 Å². The van der Waals surface area contributed by atoms with Crippen molar-refractivity contribution in [3.05, 3.63) is 59.2 Å². The first-order valence-corrected chi connectivity index (χ1v) is 10.7. The summed E-state index contributed by atoms with van der Waals surface area (Å²) < 4.78 is 47.3. The van der Waals surface area contributed by atoms with Crippen molar-refractivity contribution < 1.29 is 27.8 Å². The van der Waals surface area contributed by atoms with Crippen LogP contribution in [0, 0.1) is 17.5 Å². The van der Waals surface area contributed by atoms with Gasteiger partial charge in [0.05, 0.1) is 24.2 Å². The van der Waals surface area contributed by atoms with Crippen LogP contribution in [0.25, 0.3) is 11.0 Å². The fraction of sp³-hybridized carbons (Fsp3) is 0.391. The maximum Gasteiger partial charge on any atom is 0.317 e. The van der Waals surface area contributed by atoms with Crippen molar-refractivity contribution >= 4 is 17.1 Å². The molecule has 10 heteroatoms. The number of nitrogens with one attached hydrogen (secondary N) is 3. The number of halogens is 3. The second-order valence-electron chi connectivity index (χ2n) is 8.29. The molecule has 0 radical (unpaired) electrons. The maximum atomic E-state index is 14.7. The number of ether oxygens (including phenoxy) is 1. The van der Waals surface area contributed by atoms with Gasteiger partial charge >= 0.3 is 6.03 Å². The smallest absolute Gasteiger partial charge is 0.317 e. The number of methoxy groups -OCH3 is 1. The number of hydrogen-bond acceptors (Lipinski definition) is 4. The third-order valence-corrected chi connectivity index (χ3v) is 5.90. The molecule has 1 unspecified atom stereocenters. The van der Waals surface area contributed by atoms with E-state index in [4.69, 9.17) is 4.74 Å². The number of amides is 2. The first-order valence-electron chi connectivity index (χ1n) is 10.7. The van der Waals surface area contributed by atoms with Gasteiger partial charge in [0, 0.05) is 12.5 Å². The number of carbonyl (C=O) groups excluding carboxylic acids is 1. The summed E-state index contributed by atoms with van der Waals surface area (Å²) in [5.41, 5.74) is -0.501. The van der Waals surface area contributed by atoms with Gasteiger partial charge in [0.25, 0.3) is 0 Å². The Balaban J connectivity index is 1.63. The average Bonchev–Trinajstić information content (AvgIpc) is 3.20. The lowest BCUT2D eigenvalue weighted by molar-refractivity contribution is -0.0168. The molecular formula is C23H25F3N4O3. The number of nitrogens with zero attached hydrogens (tertiary/aromatic N) is 1. The Morgan fingerprint density at radius 2 is 1.94 bits per heavy atom. The summed E-state index contributed by atoms with van der Waals surface area (Å²) in [5.74, 6) is -2.73. The van der Waals surface area contributed by atoms with Crippen LogP contribution < -0.4 is 15.4 Å². The summed E-state index contributed by atoms with van der Waals surface area (Å²) >= 11 is 0. The molecule has 176 valence electrons. The molecule has 2 aromatic carbocycles. The van der Waals surface area contributed by atoms with Crippen LogP contribution in [0.1, 0.15) is 49.5 Å². The molecular weight excluding hydrogens is 437 g/mol. The summed E-state index contributed by atoms with van der Waals surface area (Å²) in [6, 6.07) is 5.04. The van der Waals surface area contributed by atoms with Crippen molar-refractivity contribution in [1.29, 1.82) is 0 Å². The van der Waals surface area contributed by atoms with Gasteiger partial charge in [0.15, 0.2) is 11.6 Å². The Morgan fingerprint density at radius 3 is 2.67 bits per heavy atom. The molecule has 1 fully saturated rings. The molecule has 1 saturated carbocycles. The number of H-pyrrole nitrogens is 1. The highest BCUT2D eigenvalue weighted by Crippen LogP contribution is 2.28. The molecule has 7 nitrogen and oxygen atoms in total. The number of benzene rings is 2. The lowest BCUT2D eigenvalue weighted by atomic mass is 9.92. The van der Waals surface area contributed by atoms with Crippen molar-refractivity contribution in [2.45, 2.75) is 50.3 Å². The van der Waals surface area contributed by atoms with E-state index in [2.05, 4.69) is 20.6 Å². The largest absolute Gasteiger partial charge is 0.494 e. The van der Waals surface area contributed by atoms with Crippen molar-refractivity contribution in [1.82, 2.24) is 20.6 Å². The van der Waals surface area contributed by atoms with Crippen LogP contribution in [0.2, 0.25) is 0 Å². The molecule has 0 spiro atoms. The van der Waals surface area contributed by atoms with Gasteiger partial charge in [-0.2, -0.15) is 4.39 Å². The van der Waals surface area contributed by atoms with Crippen molar-refractivity contribution in [3.8, 4) is 5.75 Å². The van der Waals surface area contributed by atoms with Crippen molar-refractivity contribution in [2.24, 2.45) is 0 Å². The van der Waals surface area contributed by atoms with Gasteiger partial charge in [-0.05, 0) is 49.4 Å². The van der Waals surface area contributed by atoms with E-state index >= 15 is 0 Å². The number of hydrogen-bond donors (Lipinski definition) is 4. The molecule has 1 aromatic heterocycles. The van der Waals surface area contributed by atoms with E-state index in [1.54, 1.807) is 0 Å². The second kappa shape index (κ2) is 9.30. The van der Waals surface area contributed by atoms with Crippen LogP contribution in [-0.4, -0.2) is 33.9 Å². The number of fused-ring (bicyclic) bond motifs is 1. The van der Waals surface area contributed by atoms with Crippen LogP contribution in [-0.2, 0) is 6.42 Å². The molecule has 0 saturated heterocycles. The van der Waals surface area contributed by atoms with Gasteiger partial charge in [0.2, 0.25) is 5.82 Å². The summed E-state index contributed by atoms with van der Waals surface area (Å²) in [7, 11) is 1.23. The van der Waals surface area contributed by atoms with Gasteiger partial charge in [-0.15, -0.1) is 0 Å². The number of aliphatic hydroxyl groups is 1. The molecule has 1 atom stereocenters. The summed E-state index contributed by atoms with van der Waals surface area (Å²) in [4.78, 5) is 20.1. The summed E-state index contributed by atoms with van der Waals surface area (Å²) in [6.45, 7) is 0. The van der Waals surface area contributed by atoms with Gasteiger partial charge in [-0.1, -0.05) is 12.5 Å².